The van der Waals surface area contributed by atoms with Crippen LogP contribution in [0, 0.1) is 24.0 Å². The van der Waals surface area contributed by atoms with Gasteiger partial charge in [-0.3, -0.25) is 19.2 Å². The van der Waals surface area contributed by atoms with Gasteiger partial charge in [0.1, 0.15) is 12.3 Å². The SMILES string of the molecule is CCOC(=O)c1ccc(C)c(NC(=O)CN(c2ccc(OC)cc2)S(=O)(=O)c2ccc(C)c([N+](=O)[O-])c2)c1. The van der Waals surface area contributed by atoms with Gasteiger partial charge in [-0.05, 0) is 68.8 Å². The Balaban J connectivity index is 2.00. The maximum absolute atomic E-state index is 13.7. The summed E-state index contributed by atoms with van der Waals surface area (Å²) in [6.45, 7) is 4.41. The average Bonchev–Trinajstić information content (AvgIpc) is 2.88. The van der Waals surface area contributed by atoms with Gasteiger partial charge >= 0.3 is 5.97 Å². The quantitative estimate of drug-likeness (QED) is 0.228. The molecular weight excluding hydrogens is 514 g/mol. The molecule has 0 spiro atoms. The number of nitrogens with one attached hydrogen (secondary N) is 1. The van der Waals surface area contributed by atoms with E-state index >= 15 is 0 Å². The van der Waals surface area contributed by atoms with Crippen molar-refractivity contribution < 1.29 is 32.4 Å². The first-order chi connectivity index (χ1) is 18.0. The minimum Gasteiger partial charge on any atom is -0.497 e. The predicted molar refractivity (Wildman–Crippen MR) is 141 cm³/mol. The number of ether oxygens (including phenoxy) is 2. The fourth-order valence-corrected chi connectivity index (χ4v) is 5.00. The number of amides is 1. The number of methoxy groups -OCH3 is 1. The van der Waals surface area contributed by atoms with Crippen molar-refractivity contribution in [3.8, 4) is 5.75 Å². The number of sulfonamides is 1. The van der Waals surface area contributed by atoms with E-state index in [-0.39, 0.29) is 28.4 Å². The Morgan fingerprint density at radius 1 is 1.00 bits per heavy atom. The van der Waals surface area contributed by atoms with Gasteiger partial charge in [-0.25, -0.2) is 13.2 Å². The first kappa shape index (κ1) is 28.1. The molecule has 3 rings (SSSR count). The molecule has 0 atom stereocenters. The van der Waals surface area contributed by atoms with Crippen molar-refractivity contribution in [3.05, 3.63) is 87.5 Å². The van der Waals surface area contributed by atoms with Crippen LogP contribution in [0.5, 0.6) is 5.75 Å². The molecule has 3 aromatic carbocycles. The number of rotatable bonds is 10. The highest BCUT2D eigenvalue weighted by Crippen LogP contribution is 2.29. The first-order valence-electron chi connectivity index (χ1n) is 11.5. The van der Waals surface area contributed by atoms with Gasteiger partial charge in [0.15, 0.2) is 0 Å². The topological polar surface area (TPSA) is 145 Å². The van der Waals surface area contributed by atoms with Crippen LogP contribution >= 0.6 is 0 Å². The Bertz CT molecular complexity index is 1470. The van der Waals surface area contributed by atoms with Crippen LogP contribution < -0.4 is 14.4 Å². The number of carbonyl (C=O) groups is 2. The highest BCUT2D eigenvalue weighted by Gasteiger charge is 2.29. The molecule has 3 aromatic rings. The second-order valence-corrected chi connectivity index (χ2v) is 10.1. The molecule has 0 saturated carbocycles. The Kier molecular flexibility index (Phi) is 8.68. The molecule has 0 aliphatic carbocycles. The molecule has 0 aliphatic heterocycles. The second-order valence-electron chi connectivity index (χ2n) is 8.21. The van der Waals surface area contributed by atoms with Gasteiger partial charge in [-0.15, -0.1) is 0 Å². The summed E-state index contributed by atoms with van der Waals surface area (Å²) in [5.74, 6) is -0.797. The largest absolute Gasteiger partial charge is 0.497 e. The third-order valence-corrected chi connectivity index (χ3v) is 7.41. The number of nitrogens with zero attached hydrogens (tertiary/aromatic N) is 2. The summed E-state index contributed by atoms with van der Waals surface area (Å²) in [5.41, 5.74) is 1.23. The summed E-state index contributed by atoms with van der Waals surface area (Å²) >= 11 is 0. The van der Waals surface area contributed by atoms with Gasteiger partial charge < -0.3 is 14.8 Å². The number of nitro benzene ring substituents is 1. The third kappa shape index (κ3) is 6.27. The minimum absolute atomic E-state index is 0.140. The van der Waals surface area contributed by atoms with E-state index in [4.69, 9.17) is 9.47 Å². The smallest absolute Gasteiger partial charge is 0.338 e. The van der Waals surface area contributed by atoms with E-state index in [2.05, 4.69) is 5.32 Å². The number of anilines is 2. The average molecular weight is 542 g/mol. The van der Waals surface area contributed by atoms with Crippen molar-refractivity contribution in [1.29, 1.82) is 0 Å². The Hall–Kier alpha value is -4.45. The summed E-state index contributed by atoms with van der Waals surface area (Å²) < 4.78 is 38.3. The first-order valence-corrected chi connectivity index (χ1v) is 12.9. The standard InChI is InChI=1S/C26H27N3O8S/c1-5-37-26(31)19-8-6-17(2)23(14-19)27-25(30)16-28(20-9-11-21(36-4)12-10-20)38(34,35)22-13-7-18(3)24(15-22)29(32)33/h6-15H,5,16H2,1-4H3,(H,27,30). The van der Waals surface area contributed by atoms with Gasteiger partial charge in [-0.2, -0.15) is 0 Å². The van der Waals surface area contributed by atoms with Crippen LogP contribution in [0.4, 0.5) is 17.1 Å². The van der Waals surface area contributed by atoms with Crippen LogP contribution in [0.3, 0.4) is 0 Å². The molecular formula is C26H27N3O8S. The normalized spacial score (nSPS) is 10.9. The van der Waals surface area contributed by atoms with Gasteiger partial charge in [0.2, 0.25) is 5.91 Å². The molecule has 0 unspecified atom stereocenters. The van der Waals surface area contributed by atoms with Gasteiger partial charge in [0, 0.05) is 17.3 Å². The lowest BCUT2D eigenvalue weighted by Gasteiger charge is -2.24. The molecule has 0 saturated heterocycles. The molecule has 38 heavy (non-hydrogen) atoms. The number of hydrogen-bond acceptors (Lipinski definition) is 8. The van der Waals surface area contributed by atoms with Crippen molar-refractivity contribution >= 4 is 39.0 Å². The van der Waals surface area contributed by atoms with Crippen molar-refractivity contribution in [2.75, 3.05) is 29.9 Å². The Morgan fingerprint density at radius 3 is 2.26 bits per heavy atom. The Labute approximate surface area is 220 Å². The summed E-state index contributed by atoms with van der Waals surface area (Å²) in [6.07, 6.45) is 0. The molecule has 0 heterocycles. The van der Waals surface area contributed by atoms with Crippen molar-refractivity contribution in [1.82, 2.24) is 0 Å². The molecule has 1 amide bonds. The molecule has 200 valence electrons. The maximum Gasteiger partial charge on any atom is 0.338 e. The second kappa shape index (κ2) is 11.7. The van der Waals surface area contributed by atoms with Crippen molar-refractivity contribution in [3.63, 3.8) is 0 Å². The van der Waals surface area contributed by atoms with Gasteiger partial charge in [0.05, 0.1) is 34.8 Å². The molecule has 1 N–H and O–H groups in total. The molecule has 0 aliphatic rings. The fraction of sp³-hybridized carbons (Fsp3) is 0.231. The van der Waals surface area contributed by atoms with Crippen LogP contribution in [0.15, 0.2) is 65.6 Å². The maximum atomic E-state index is 13.7. The summed E-state index contributed by atoms with van der Waals surface area (Å²) in [4.78, 5) is 35.6. The number of benzene rings is 3. The van der Waals surface area contributed by atoms with Crippen LogP contribution in [0.2, 0.25) is 0 Å². The summed E-state index contributed by atoms with van der Waals surface area (Å²) in [5, 5.41) is 14.1. The van der Waals surface area contributed by atoms with Gasteiger partial charge in [0.25, 0.3) is 15.7 Å². The highest BCUT2D eigenvalue weighted by atomic mass is 32.2. The molecule has 0 aromatic heterocycles. The van der Waals surface area contributed by atoms with Crippen LogP contribution in [-0.2, 0) is 19.6 Å². The lowest BCUT2D eigenvalue weighted by molar-refractivity contribution is -0.385. The molecule has 11 nitrogen and oxygen atoms in total. The predicted octanol–water partition coefficient (Wildman–Crippen LogP) is 4.23. The van der Waals surface area contributed by atoms with E-state index in [1.165, 1.54) is 56.5 Å². The molecule has 0 radical (unpaired) electrons. The fourth-order valence-electron chi connectivity index (χ4n) is 3.56. The zero-order valence-electron chi connectivity index (χ0n) is 21.3. The van der Waals surface area contributed by atoms with Crippen molar-refractivity contribution in [2.24, 2.45) is 0 Å². The van der Waals surface area contributed by atoms with E-state index in [9.17, 15) is 28.1 Å². The highest BCUT2D eigenvalue weighted by molar-refractivity contribution is 7.92. The zero-order chi connectivity index (χ0) is 28.0. The zero-order valence-corrected chi connectivity index (χ0v) is 22.1. The Morgan fingerprint density at radius 2 is 1.66 bits per heavy atom. The van der Waals surface area contributed by atoms with Crippen LogP contribution in [0.1, 0.15) is 28.4 Å². The molecule has 0 bridgehead atoms. The third-order valence-electron chi connectivity index (χ3n) is 5.64. The van der Waals surface area contributed by atoms with E-state index in [0.29, 0.717) is 22.6 Å². The van der Waals surface area contributed by atoms with Crippen LogP contribution in [-0.4, -0.2) is 45.5 Å². The number of nitro groups is 1. The lowest BCUT2D eigenvalue weighted by Crippen LogP contribution is -2.38. The van der Waals surface area contributed by atoms with E-state index in [1.807, 2.05) is 0 Å². The van der Waals surface area contributed by atoms with Gasteiger partial charge in [-0.1, -0.05) is 12.1 Å². The lowest BCUT2D eigenvalue weighted by atomic mass is 10.1. The monoisotopic (exact) mass is 541 g/mol. The van der Waals surface area contributed by atoms with Crippen molar-refractivity contribution in [2.45, 2.75) is 25.7 Å². The minimum atomic E-state index is -4.42. The number of aryl methyl sites for hydroxylation is 2. The summed E-state index contributed by atoms with van der Waals surface area (Å²) in [6, 6.07) is 14.2. The van der Waals surface area contributed by atoms with E-state index in [1.54, 1.807) is 26.0 Å². The summed E-state index contributed by atoms with van der Waals surface area (Å²) in [7, 11) is -2.97. The number of hydrogen-bond donors (Lipinski definition) is 1. The number of carbonyl (C=O) groups excluding carboxylic acids is 2. The molecule has 0 fully saturated rings. The number of esters is 1. The van der Waals surface area contributed by atoms with E-state index < -0.39 is 33.4 Å². The molecule has 12 heteroatoms. The van der Waals surface area contributed by atoms with E-state index in [0.717, 1.165) is 10.4 Å². The van der Waals surface area contributed by atoms with Crippen LogP contribution in [0.25, 0.3) is 0 Å².